The van der Waals surface area contributed by atoms with E-state index in [9.17, 15) is 19.8 Å². The summed E-state index contributed by atoms with van der Waals surface area (Å²) in [6.45, 7) is 1.54. The maximum Gasteiger partial charge on any atom is 0.268 e. The Kier molecular flexibility index (Phi) is 6.50. The van der Waals surface area contributed by atoms with Crippen LogP contribution < -0.4 is 5.32 Å². The van der Waals surface area contributed by atoms with Crippen LogP contribution in [0.3, 0.4) is 0 Å². The fourth-order valence-electron chi connectivity index (χ4n) is 4.42. The van der Waals surface area contributed by atoms with Gasteiger partial charge in [0.25, 0.3) is 11.8 Å². The van der Waals surface area contributed by atoms with E-state index in [1.165, 1.54) is 4.90 Å². The molecule has 0 bridgehead atoms. The maximum absolute atomic E-state index is 13.1. The molecule has 1 aliphatic carbocycles. The summed E-state index contributed by atoms with van der Waals surface area (Å²) in [6.07, 6.45) is -0.357. The van der Waals surface area contributed by atoms with E-state index in [0.717, 1.165) is 22.0 Å². The van der Waals surface area contributed by atoms with Crippen molar-refractivity contribution in [2.45, 2.75) is 38.0 Å². The zero-order chi connectivity index (χ0) is 22.8. The summed E-state index contributed by atoms with van der Waals surface area (Å²) in [5, 5.41) is 24.3. The number of H-pyrrole nitrogens is 1. The molecule has 2 amide bonds. The van der Waals surface area contributed by atoms with Gasteiger partial charge in [-0.3, -0.25) is 9.59 Å². The normalized spacial score (nSPS) is 18.4. The summed E-state index contributed by atoms with van der Waals surface area (Å²) >= 11 is 6.05. The van der Waals surface area contributed by atoms with Gasteiger partial charge in [-0.2, -0.15) is 0 Å². The van der Waals surface area contributed by atoms with E-state index in [4.69, 9.17) is 11.6 Å². The van der Waals surface area contributed by atoms with E-state index in [1.807, 2.05) is 30.3 Å². The Balaban J connectivity index is 1.65. The lowest BCUT2D eigenvalue weighted by atomic mass is 10.0. The summed E-state index contributed by atoms with van der Waals surface area (Å²) in [5.41, 5.74) is 3.12. The SMILES string of the molecule is CC[C@H](O)C(=O)N(CCO)[C@@H]1c2ccccc2C[C@H]1NC(=O)c1cc2cc(Cl)ccc2[nH]1. The minimum Gasteiger partial charge on any atom is -0.395 e. The number of fused-ring (bicyclic) bond motifs is 2. The van der Waals surface area contributed by atoms with Crippen molar-refractivity contribution in [2.75, 3.05) is 13.2 Å². The molecule has 0 saturated carbocycles. The summed E-state index contributed by atoms with van der Waals surface area (Å²) in [6, 6.07) is 13.9. The first-order valence-electron chi connectivity index (χ1n) is 10.7. The van der Waals surface area contributed by atoms with E-state index in [1.54, 1.807) is 25.1 Å². The highest BCUT2D eigenvalue weighted by Gasteiger charge is 2.40. The smallest absolute Gasteiger partial charge is 0.268 e. The Hall–Kier alpha value is -2.87. The quantitative estimate of drug-likeness (QED) is 0.439. The number of halogens is 1. The van der Waals surface area contributed by atoms with Crippen molar-refractivity contribution in [1.29, 1.82) is 0 Å². The number of aliphatic hydroxyl groups is 2. The highest BCUT2D eigenvalue weighted by atomic mass is 35.5. The van der Waals surface area contributed by atoms with E-state index < -0.39 is 24.1 Å². The Bertz CT molecular complexity index is 1150. The topological polar surface area (TPSA) is 106 Å². The Morgan fingerprint density at radius 2 is 2.03 bits per heavy atom. The zero-order valence-electron chi connectivity index (χ0n) is 17.7. The number of rotatable bonds is 7. The van der Waals surface area contributed by atoms with Crippen molar-refractivity contribution in [1.82, 2.24) is 15.2 Å². The molecule has 32 heavy (non-hydrogen) atoms. The number of nitrogens with zero attached hydrogens (tertiary/aromatic N) is 1. The molecule has 0 aliphatic heterocycles. The van der Waals surface area contributed by atoms with Crippen LogP contribution in [0.2, 0.25) is 5.02 Å². The van der Waals surface area contributed by atoms with Gasteiger partial charge in [-0.25, -0.2) is 0 Å². The van der Waals surface area contributed by atoms with Gasteiger partial charge in [0.15, 0.2) is 0 Å². The fraction of sp³-hybridized carbons (Fsp3) is 0.333. The van der Waals surface area contributed by atoms with Gasteiger partial charge in [-0.1, -0.05) is 42.8 Å². The van der Waals surface area contributed by atoms with Gasteiger partial charge in [0.05, 0.1) is 18.7 Å². The Morgan fingerprint density at radius 3 is 2.78 bits per heavy atom. The molecule has 1 heterocycles. The third kappa shape index (κ3) is 4.24. The third-order valence-electron chi connectivity index (χ3n) is 5.97. The molecule has 1 aromatic heterocycles. The number of aromatic amines is 1. The van der Waals surface area contributed by atoms with Crippen LogP contribution in [0, 0.1) is 0 Å². The standard InChI is InChI=1S/C24H26ClN3O4/c1-2-21(30)24(32)28(9-10-29)22-17-6-4-3-5-14(17)12-19(22)27-23(31)20-13-15-11-16(25)7-8-18(15)26-20/h3-8,11,13,19,21-22,26,29-30H,2,9-10,12H2,1H3,(H,27,31)/t19-,21+,22-/m1/s1. The van der Waals surface area contributed by atoms with Gasteiger partial charge in [-0.05, 0) is 48.2 Å². The number of aliphatic hydroxyl groups excluding tert-OH is 2. The van der Waals surface area contributed by atoms with Crippen LogP contribution in [0.15, 0.2) is 48.5 Å². The van der Waals surface area contributed by atoms with Crippen molar-refractivity contribution >= 4 is 34.3 Å². The van der Waals surface area contributed by atoms with Gasteiger partial charge in [0, 0.05) is 22.5 Å². The number of hydrogen-bond donors (Lipinski definition) is 4. The maximum atomic E-state index is 13.1. The molecule has 0 fully saturated rings. The molecule has 2 aromatic carbocycles. The predicted molar refractivity (Wildman–Crippen MR) is 123 cm³/mol. The molecule has 0 unspecified atom stereocenters. The van der Waals surface area contributed by atoms with Crippen molar-refractivity contribution in [2.24, 2.45) is 0 Å². The monoisotopic (exact) mass is 455 g/mol. The largest absolute Gasteiger partial charge is 0.395 e. The van der Waals surface area contributed by atoms with Gasteiger partial charge in [0.2, 0.25) is 0 Å². The van der Waals surface area contributed by atoms with Crippen LogP contribution in [0.5, 0.6) is 0 Å². The molecular formula is C24H26ClN3O4. The molecule has 1 aliphatic rings. The number of hydrogen-bond acceptors (Lipinski definition) is 4. The van der Waals surface area contributed by atoms with Gasteiger partial charge in [0.1, 0.15) is 11.8 Å². The van der Waals surface area contributed by atoms with E-state index in [-0.39, 0.29) is 25.5 Å². The van der Waals surface area contributed by atoms with Gasteiger partial charge in [-0.15, -0.1) is 0 Å². The molecule has 3 aromatic rings. The molecule has 0 saturated heterocycles. The molecule has 8 heteroatoms. The number of carbonyl (C=O) groups excluding carboxylic acids is 2. The van der Waals surface area contributed by atoms with Crippen molar-refractivity contribution in [3.8, 4) is 0 Å². The fourth-order valence-corrected chi connectivity index (χ4v) is 4.60. The number of nitrogens with one attached hydrogen (secondary N) is 2. The molecule has 7 nitrogen and oxygen atoms in total. The van der Waals surface area contributed by atoms with Gasteiger partial charge >= 0.3 is 0 Å². The lowest BCUT2D eigenvalue weighted by Crippen LogP contribution is -2.50. The summed E-state index contributed by atoms with van der Waals surface area (Å²) in [5.74, 6) is -0.754. The summed E-state index contributed by atoms with van der Waals surface area (Å²) in [7, 11) is 0. The van der Waals surface area contributed by atoms with E-state index >= 15 is 0 Å². The average molecular weight is 456 g/mol. The summed E-state index contributed by atoms with van der Waals surface area (Å²) < 4.78 is 0. The first-order chi connectivity index (χ1) is 15.4. The van der Waals surface area contributed by atoms with Crippen LogP contribution in [-0.4, -0.2) is 57.2 Å². The van der Waals surface area contributed by atoms with Crippen LogP contribution in [-0.2, 0) is 11.2 Å². The van der Waals surface area contributed by atoms with Crippen molar-refractivity contribution < 1.29 is 19.8 Å². The number of amides is 2. The first kappa shape index (κ1) is 22.3. The van der Waals surface area contributed by atoms with Crippen molar-refractivity contribution in [3.05, 3.63) is 70.4 Å². The number of benzene rings is 2. The highest BCUT2D eigenvalue weighted by Crippen LogP contribution is 2.36. The third-order valence-corrected chi connectivity index (χ3v) is 6.21. The average Bonchev–Trinajstić information content (AvgIpc) is 3.37. The molecule has 168 valence electrons. The molecule has 4 rings (SSSR count). The second kappa shape index (κ2) is 9.32. The van der Waals surface area contributed by atoms with Crippen LogP contribution in [0.1, 0.15) is 41.0 Å². The molecule has 0 spiro atoms. The number of aromatic nitrogens is 1. The van der Waals surface area contributed by atoms with E-state index in [2.05, 4.69) is 10.3 Å². The minimum atomic E-state index is -1.16. The van der Waals surface area contributed by atoms with Gasteiger partial charge < -0.3 is 25.4 Å². The van der Waals surface area contributed by atoms with Crippen LogP contribution >= 0.6 is 11.6 Å². The molecule has 4 N–H and O–H groups in total. The first-order valence-corrected chi connectivity index (χ1v) is 11.1. The molecule has 3 atom stereocenters. The predicted octanol–water partition coefficient (Wildman–Crippen LogP) is 2.81. The Morgan fingerprint density at radius 1 is 1.25 bits per heavy atom. The highest BCUT2D eigenvalue weighted by molar-refractivity contribution is 6.31. The second-order valence-electron chi connectivity index (χ2n) is 8.02. The Labute approximate surface area is 191 Å². The lowest BCUT2D eigenvalue weighted by Gasteiger charge is -2.35. The molecule has 0 radical (unpaired) electrons. The molecular weight excluding hydrogens is 430 g/mol. The number of carbonyl (C=O) groups is 2. The summed E-state index contributed by atoms with van der Waals surface area (Å²) in [4.78, 5) is 30.6. The van der Waals surface area contributed by atoms with E-state index in [0.29, 0.717) is 17.1 Å². The zero-order valence-corrected chi connectivity index (χ0v) is 18.5. The second-order valence-corrected chi connectivity index (χ2v) is 8.46. The minimum absolute atomic E-state index is 0.0617. The van der Waals surface area contributed by atoms with Crippen LogP contribution in [0.4, 0.5) is 0 Å². The van der Waals surface area contributed by atoms with Crippen molar-refractivity contribution in [3.63, 3.8) is 0 Å². The van der Waals surface area contributed by atoms with Crippen LogP contribution in [0.25, 0.3) is 10.9 Å². The lowest BCUT2D eigenvalue weighted by molar-refractivity contribution is -0.144.